The Balaban J connectivity index is 1.86. The van der Waals surface area contributed by atoms with Crippen LogP contribution < -0.4 is 9.47 Å². The van der Waals surface area contributed by atoms with Gasteiger partial charge in [-0.15, -0.1) is 0 Å². The number of piperidine rings is 1. The van der Waals surface area contributed by atoms with Crippen molar-refractivity contribution < 1.29 is 38.5 Å². The van der Waals surface area contributed by atoms with Crippen LogP contribution >= 0.6 is 0 Å². The van der Waals surface area contributed by atoms with E-state index in [1.807, 2.05) is 12.1 Å². The number of aromatic nitrogens is 1. The molecule has 0 aliphatic carbocycles. The summed E-state index contributed by atoms with van der Waals surface area (Å²) in [6, 6.07) is 11.9. The molecule has 38 heavy (non-hydrogen) atoms. The summed E-state index contributed by atoms with van der Waals surface area (Å²) in [4.78, 5) is 31.8. The van der Waals surface area contributed by atoms with Crippen LogP contribution in [0.4, 0.5) is 4.79 Å². The van der Waals surface area contributed by atoms with Gasteiger partial charge in [0.15, 0.2) is 5.76 Å². The van der Waals surface area contributed by atoms with Crippen LogP contribution in [0.3, 0.4) is 0 Å². The molecule has 4 rings (SSSR count). The highest BCUT2D eigenvalue weighted by Crippen LogP contribution is 2.44. The minimum absolute atomic E-state index is 0.104. The van der Waals surface area contributed by atoms with Gasteiger partial charge in [-0.1, -0.05) is 24.3 Å². The van der Waals surface area contributed by atoms with Crippen LogP contribution in [0, 0.1) is 0 Å². The first-order chi connectivity index (χ1) is 18.3. The SMILES string of the molecule is COC(=O)C1(c2nc(-c3ccc(CO)cc3)c(-c3ccc(OC)cc3OC)o2)CCN(C(=O)N(C)O)CC1. The standard InChI is InChI=1S/C27H31N3O8/c1-29(34)26(33)30-13-11-27(12-14-30,25(32)37-4)24-28-22(18-7-5-17(16-31)6-8-18)23(38-24)20-10-9-19(35-2)15-21(20)36-3/h5-10,15,31,34H,11-14,16H2,1-4H3. The van der Waals surface area contributed by atoms with E-state index in [1.54, 1.807) is 37.4 Å². The lowest BCUT2D eigenvalue weighted by molar-refractivity contribution is -0.150. The van der Waals surface area contributed by atoms with Gasteiger partial charge in [-0.25, -0.2) is 14.8 Å². The highest BCUT2D eigenvalue weighted by molar-refractivity contribution is 5.85. The molecule has 0 spiro atoms. The predicted octanol–water partition coefficient (Wildman–Crippen LogP) is 3.47. The average Bonchev–Trinajstić information content (AvgIpc) is 3.41. The fourth-order valence-electron chi connectivity index (χ4n) is 4.64. The molecule has 2 heterocycles. The molecular weight excluding hydrogens is 494 g/mol. The molecule has 0 saturated carbocycles. The zero-order valence-electron chi connectivity index (χ0n) is 21.8. The number of hydroxylamine groups is 2. The summed E-state index contributed by atoms with van der Waals surface area (Å²) in [6.45, 7) is 0.263. The molecule has 0 atom stereocenters. The first-order valence-electron chi connectivity index (χ1n) is 12.0. The smallest absolute Gasteiger partial charge is 0.343 e. The van der Waals surface area contributed by atoms with E-state index < -0.39 is 17.4 Å². The summed E-state index contributed by atoms with van der Waals surface area (Å²) < 4.78 is 22.5. The number of ether oxygens (including phenoxy) is 3. The Morgan fingerprint density at radius 3 is 2.32 bits per heavy atom. The highest BCUT2D eigenvalue weighted by Gasteiger charge is 2.49. The van der Waals surface area contributed by atoms with Crippen molar-refractivity contribution in [3.8, 4) is 34.1 Å². The molecule has 0 unspecified atom stereocenters. The van der Waals surface area contributed by atoms with Crippen LogP contribution in [0.25, 0.3) is 22.6 Å². The number of likely N-dealkylation sites (tertiary alicyclic amines) is 1. The van der Waals surface area contributed by atoms with Crippen molar-refractivity contribution in [2.75, 3.05) is 41.5 Å². The first kappa shape index (κ1) is 27.0. The van der Waals surface area contributed by atoms with Gasteiger partial charge in [0.25, 0.3) is 0 Å². The third-order valence-electron chi connectivity index (χ3n) is 6.84. The van der Waals surface area contributed by atoms with E-state index in [1.165, 1.54) is 26.2 Å². The van der Waals surface area contributed by atoms with E-state index in [-0.39, 0.29) is 38.4 Å². The van der Waals surface area contributed by atoms with E-state index in [0.29, 0.717) is 39.1 Å². The third-order valence-corrected chi connectivity index (χ3v) is 6.84. The summed E-state index contributed by atoms with van der Waals surface area (Å²) in [5.41, 5.74) is 1.27. The molecule has 0 bridgehead atoms. The van der Waals surface area contributed by atoms with E-state index in [9.17, 15) is 19.9 Å². The highest BCUT2D eigenvalue weighted by atomic mass is 16.5. The van der Waals surface area contributed by atoms with Crippen molar-refractivity contribution in [3.05, 3.63) is 53.9 Å². The maximum atomic E-state index is 13.2. The maximum absolute atomic E-state index is 13.2. The van der Waals surface area contributed by atoms with Crippen LogP contribution in [0.5, 0.6) is 11.5 Å². The summed E-state index contributed by atoms with van der Waals surface area (Å²) in [5.74, 6) is 1.09. The minimum atomic E-state index is -1.25. The molecule has 3 aromatic rings. The molecule has 1 fully saturated rings. The number of benzene rings is 2. The van der Waals surface area contributed by atoms with Crippen LogP contribution in [-0.2, 0) is 21.6 Å². The van der Waals surface area contributed by atoms with Crippen molar-refractivity contribution >= 4 is 12.0 Å². The van der Waals surface area contributed by atoms with Crippen molar-refractivity contribution in [3.63, 3.8) is 0 Å². The van der Waals surface area contributed by atoms with E-state index in [2.05, 4.69) is 0 Å². The second kappa shape index (κ2) is 11.1. The number of urea groups is 1. The molecule has 1 aliphatic heterocycles. The number of nitrogens with zero attached hydrogens (tertiary/aromatic N) is 3. The zero-order valence-corrected chi connectivity index (χ0v) is 21.8. The second-order valence-electron chi connectivity index (χ2n) is 8.98. The molecule has 2 N–H and O–H groups in total. The zero-order chi connectivity index (χ0) is 27.4. The third kappa shape index (κ3) is 4.90. The molecule has 202 valence electrons. The number of hydrogen-bond acceptors (Lipinski definition) is 9. The van der Waals surface area contributed by atoms with Gasteiger partial charge in [0, 0.05) is 31.8 Å². The Morgan fingerprint density at radius 1 is 1.08 bits per heavy atom. The van der Waals surface area contributed by atoms with Crippen molar-refractivity contribution in [2.24, 2.45) is 0 Å². The van der Waals surface area contributed by atoms with Gasteiger partial charge in [-0.3, -0.25) is 10.0 Å². The normalized spacial score (nSPS) is 14.6. The Morgan fingerprint density at radius 2 is 1.76 bits per heavy atom. The van der Waals surface area contributed by atoms with Crippen molar-refractivity contribution in [1.82, 2.24) is 14.9 Å². The van der Waals surface area contributed by atoms with Gasteiger partial charge >= 0.3 is 12.0 Å². The summed E-state index contributed by atoms with van der Waals surface area (Å²) >= 11 is 0. The van der Waals surface area contributed by atoms with Gasteiger partial charge in [-0.05, 0) is 30.5 Å². The van der Waals surface area contributed by atoms with Gasteiger partial charge in [0.2, 0.25) is 5.89 Å². The van der Waals surface area contributed by atoms with Crippen LogP contribution in [0.1, 0.15) is 24.3 Å². The largest absolute Gasteiger partial charge is 0.497 e. The Labute approximate surface area is 220 Å². The van der Waals surface area contributed by atoms with Crippen molar-refractivity contribution in [1.29, 1.82) is 0 Å². The van der Waals surface area contributed by atoms with Crippen LogP contribution in [0.2, 0.25) is 0 Å². The Bertz CT molecular complexity index is 1290. The molecule has 11 nitrogen and oxygen atoms in total. The number of aliphatic hydroxyl groups is 1. The van der Waals surface area contributed by atoms with E-state index in [4.69, 9.17) is 23.6 Å². The lowest BCUT2D eigenvalue weighted by Gasteiger charge is -2.38. The molecule has 2 amide bonds. The summed E-state index contributed by atoms with van der Waals surface area (Å²) in [5, 5.41) is 19.6. The molecule has 0 radical (unpaired) electrons. The number of oxazole rings is 1. The van der Waals surface area contributed by atoms with Gasteiger partial charge in [-0.2, -0.15) is 0 Å². The Hall–Kier alpha value is -4.09. The lowest BCUT2D eigenvalue weighted by atomic mass is 9.78. The predicted molar refractivity (Wildman–Crippen MR) is 136 cm³/mol. The summed E-state index contributed by atoms with van der Waals surface area (Å²) in [7, 11) is 5.64. The van der Waals surface area contributed by atoms with Crippen LogP contribution in [0.15, 0.2) is 46.9 Å². The maximum Gasteiger partial charge on any atom is 0.343 e. The van der Waals surface area contributed by atoms with E-state index in [0.717, 1.165) is 5.56 Å². The molecule has 1 aliphatic rings. The summed E-state index contributed by atoms with van der Waals surface area (Å²) in [6.07, 6.45) is 0.365. The van der Waals surface area contributed by atoms with Gasteiger partial charge in [0.05, 0.1) is 33.5 Å². The average molecular weight is 526 g/mol. The monoisotopic (exact) mass is 525 g/mol. The lowest BCUT2D eigenvalue weighted by Crippen LogP contribution is -2.51. The number of carbonyl (C=O) groups is 2. The topological polar surface area (TPSA) is 135 Å². The van der Waals surface area contributed by atoms with Crippen LogP contribution in [-0.4, -0.2) is 78.7 Å². The fourth-order valence-corrected chi connectivity index (χ4v) is 4.64. The number of methoxy groups -OCH3 is 3. The Kier molecular flexibility index (Phi) is 7.88. The van der Waals surface area contributed by atoms with E-state index >= 15 is 0 Å². The second-order valence-corrected chi connectivity index (χ2v) is 8.98. The number of esters is 1. The number of carbonyl (C=O) groups excluding carboxylic acids is 2. The molecule has 11 heteroatoms. The fraction of sp³-hybridized carbons (Fsp3) is 0.370. The van der Waals surface area contributed by atoms with Crippen molar-refractivity contribution in [2.45, 2.75) is 24.9 Å². The number of rotatable bonds is 7. The molecular formula is C27H31N3O8. The van der Waals surface area contributed by atoms with Gasteiger partial charge in [0.1, 0.15) is 22.6 Å². The number of aliphatic hydroxyl groups excluding tert-OH is 1. The first-order valence-corrected chi connectivity index (χ1v) is 12.0. The molecule has 1 saturated heterocycles. The molecule has 1 aromatic heterocycles. The number of hydrogen-bond donors (Lipinski definition) is 2. The minimum Gasteiger partial charge on any atom is -0.497 e. The molecule has 2 aromatic carbocycles. The quantitative estimate of drug-likeness (QED) is 0.270. The van der Waals surface area contributed by atoms with Gasteiger partial charge < -0.3 is 28.6 Å². The number of amides is 2.